The molecule has 0 unspecified atom stereocenters. The van der Waals surface area contributed by atoms with Crippen LogP contribution in [0.4, 0.5) is 4.39 Å². The normalized spacial score (nSPS) is 10.2. The number of halogens is 2. The van der Waals surface area contributed by atoms with Crippen LogP contribution in [-0.4, -0.2) is 19.8 Å². The molecule has 0 N–H and O–H groups in total. The van der Waals surface area contributed by atoms with E-state index < -0.39 is 0 Å². The van der Waals surface area contributed by atoms with Crippen LogP contribution in [0, 0.1) is 0 Å². The molecule has 0 aliphatic rings. The molecule has 154 valence electrons. The van der Waals surface area contributed by atoms with Crippen molar-refractivity contribution in [2.45, 2.75) is 26.9 Å². The Hall–Kier alpha value is -2.60. The highest BCUT2D eigenvalue weighted by Gasteiger charge is 2.12. The van der Waals surface area contributed by atoms with Gasteiger partial charge in [-0.2, -0.15) is 0 Å². The second kappa shape index (κ2) is 10.8. The molecule has 0 fully saturated rings. The molecule has 0 amide bonds. The fourth-order valence-electron chi connectivity index (χ4n) is 2.88. The predicted octanol–water partition coefficient (Wildman–Crippen LogP) is 6.50. The maximum absolute atomic E-state index is 11.9. The molecule has 1 heterocycles. The van der Waals surface area contributed by atoms with Crippen LogP contribution in [0.25, 0.3) is 16.5 Å². The van der Waals surface area contributed by atoms with Gasteiger partial charge in [-0.1, -0.05) is 28.6 Å². The second-order valence-corrected chi connectivity index (χ2v) is 7.20. The van der Waals surface area contributed by atoms with Gasteiger partial charge in [0.25, 0.3) is 0 Å². The van der Waals surface area contributed by atoms with E-state index in [0.29, 0.717) is 26.1 Å². The summed E-state index contributed by atoms with van der Waals surface area (Å²) >= 11 is 3.46. The topological polar surface area (TPSA) is 48.7 Å². The molecule has 1 aromatic heterocycles. The van der Waals surface area contributed by atoms with E-state index in [-0.39, 0.29) is 12.4 Å². The lowest BCUT2D eigenvalue weighted by Crippen LogP contribution is -2.09. The number of hydrogen-bond acceptors (Lipinski definition) is 4. The van der Waals surface area contributed by atoms with Gasteiger partial charge in [0.05, 0.1) is 26.5 Å². The van der Waals surface area contributed by atoms with Crippen molar-refractivity contribution in [3.05, 3.63) is 70.4 Å². The number of hydrogen-bond donors (Lipinski definition) is 0. The van der Waals surface area contributed by atoms with E-state index in [4.69, 9.17) is 13.9 Å². The first-order chi connectivity index (χ1) is 14.0. The Morgan fingerprint density at radius 2 is 1.97 bits per heavy atom. The zero-order valence-electron chi connectivity index (χ0n) is 16.8. The van der Waals surface area contributed by atoms with Gasteiger partial charge in [0.1, 0.15) is 17.9 Å². The van der Waals surface area contributed by atoms with Crippen molar-refractivity contribution in [1.82, 2.24) is 0 Å². The van der Waals surface area contributed by atoms with Crippen LogP contribution in [0.15, 0.2) is 58.1 Å². The Morgan fingerprint density at radius 1 is 1.21 bits per heavy atom. The Morgan fingerprint density at radius 3 is 2.66 bits per heavy atom. The number of benzene rings is 2. The van der Waals surface area contributed by atoms with E-state index in [1.54, 1.807) is 13.2 Å². The number of carbonyl (C=O) groups is 1. The van der Waals surface area contributed by atoms with Crippen molar-refractivity contribution < 1.29 is 23.1 Å². The first-order valence-corrected chi connectivity index (χ1v) is 9.88. The number of esters is 1. The summed E-state index contributed by atoms with van der Waals surface area (Å²) in [6, 6.07) is 11.6. The van der Waals surface area contributed by atoms with Crippen molar-refractivity contribution in [3.63, 3.8) is 0 Å². The van der Waals surface area contributed by atoms with Gasteiger partial charge in [-0.05, 0) is 55.3 Å². The van der Waals surface area contributed by atoms with Gasteiger partial charge in [0.2, 0.25) is 0 Å². The molecule has 0 bridgehead atoms. The fraction of sp³-hybridized carbons (Fsp3) is 0.261. The van der Waals surface area contributed by atoms with E-state index >= 15 is 0 Å². The average Bonchev–Trinajstić information content (AvgIpc) is 3.17. The monoisotopic (exact) mass is 462 g/mol. The molecular formula is C23H24BrFO4. The Labute approximate surface area is 178 Å². The summed E-state index contributed by atoms with van der Waals surface area (Å²) in [7, 11) is 0.500. The number of alkyl halides is 1. The zero-order chi connectivity index (χ0) is 21.4. The van der Waals surface area contributed by atoms with Gasteiger partial charge in [-0.15, -0.1) is 0 Å². The van der Waals surface area contributed by atoms with Gasteiger partial charge < -0.3 is 13.9 Å². The molecule has 29 heavy (non-hydrogen) atoms. The van der Waals surface area contributed by atoms with Crippen molar-refractivity contribution >= 4 is 38.4 Å². The highest BCUT2D eigenvalue weighted by atomic mass is 79.9. The van der Waals surface area contributed by atoms with E-state index in [1.165, 1.54) is 0 Å². The summed E-state index contributed by atoms with van der Waals surface area (Å²) in [4.78, 5) is 11.9. The van der Waals surface area contributed by atoms with Crippen LogP contribution in [0.1, 0.15) is 30.5 Å². The molecule has 0 saturated carbocycles. The largest absolute Gasteiger partial charge is 0.489 e. The Kier molecular flexibility index (Phi) is 8.46. The molecule has 0 radical (unpaired) electrons. The van der Waals surface area contributed by atoms with Crippen molar-refractivity contribution in [2.24, 2.45) is 0 Å². The zero-order valence-corrected chi connectivity index (χ0v) is 18.3. The van der Waals surface area contributed by atoms with Crippen LogP contribution in [-0.2, 0) is 22.6 Å². The molecule has 2 aromatic carbocycles. The van der Waals surface area contributed by atoms with Gasteiger partial charge in [-0.25, -0.2) is 0 Å². The molecule has 0 spiro atoms. The highest BCUT2D eigenvalue weighted by molar-refractivity contribution is 9.10. The Balaban J connectivity index is 0.00000145. The summed E-state index contributed by atoms with van der Waals surface area (Å²) in [6.07, 6.45) is 1.85. The number of fused-ring (bicyclic) bond motifs is 1. The Bertz CT molecular complexity index is 994. The minimum Gasteiger partial charge on any atom is -0.489 e. The SMILES string of the molecule is C=C(C)c1cc(COc2cc(Br)ccc2CC(=O)OCC)cc2ccoc12.CF. The molecule has 3 aromatic rings. The lowest BCUT2D eigenvalue weighted by atomic mass is 10.0. The lowest BCUT2D eigenvalue weighted by molar-refractivity contribution is -0.142. The first kappa shape index (κ1) is 22.7. The molecule has 0 saturated heterocycles. The van der Waals surface area contributed by atoms with Gasteiger partial charge in [0.15, 0.2) is 0 Å². The van der Waals surface area contributed by atoms with Crippen LogP contribution in [0.5, 0.6) is 5.75 Å². The third kappa shape index (κ3) is 5.94. The van der Waals surface area contributed by atoms with E-state index in [0.717, 1.165) is 37.7 Å². The van der Waals surface area contributed by atoms with Gasteiger partial charge in [0, 0.05) is 21.0 Å². The number of rotatable bonds is 7. The number of ether oxygens (including phenoxy) is 2. The quantitative estimate of drug-likeness (QED) is 0.376. The van der Waals surface area contributed by atoms with Crippen molar-refractivity contribution in [3.8, 4) is 5.75 Å². The smallest absolute Gasteiger partial charge is 0.310 e. The fourth-order valence-corrected chi connectivity index (χ4v) is 3.22. The molecule has 6 heteroatoms. The summed E-state index contributed by atoms with van der Waals surface area (Å²) in [5, 5.41) is 1.01. The molecule has 0 atom stereocenters. The third-order valence-corrected chi connectivity index (χ3v) is 4.63. The minimum absolute atomic E-state index is 0.175. The van der Waals surface area contributed by atoms with Crippen molar-refractivity contribution in [1.29, 1.82) is 0 Å². The van der Waals surface area contributed by atoms with E-state index in [2.05, 4.69) is 22.5 Å². The van der Waals surface area contributed by atoms with Crippen LogP contribution < -0.4 is 4.74 Å². The van der Waals surface area contributed by atoms with E-state index in [1.807, 2.05) is 43.3 Å². The standard InChI is InChI=1S/C22H21BrO4.CH3F/c1-4-25-21(24)11-16-5-6-18(23)12-20(16)27-13-15-9-17-7-8-26-22(17)19(10-15)14(2)3;1-2/h5-10,12H,2,4,11,13H2,1,3H3;1H3. The minimum atomic E-state index is -0.269. The predicted molar refractivity (Wildman–Crippen MR) is 117 cm³/mol. The van der Waals surface area contributed by atoms with Crippen LogP contribution in [0.3, 0.4) is 0 Å². The van der Waals surface area contributed by atoms with E-state index in [9.17, 15) is 9.18 Å². The number of furan rings is 1. The van der Waals surface area contributed by atoms with Gasteiger partial charge >= 0.3 is 5.97 Å². The maximum Gasteiger partial charge on any atom is 0.310 e. The summed E-state index contributed by atoms with van der Waals surface area (Å²) in [5.41, 5.74) is 4.53. The first-order valence-electron chi connectivity index (χ1n) is 9.08. The molecule has 4 nitrogen and oxygen atoms in total. The molecule has 3 rings (SSSR count). The number of carbonyl (C=O) groups excluding carboxylic acids is 1. The van der Waals surface area contributed by atoms with Crippen molar-refractivity contribution in [2.75, 3.05) is 13.8 Å². The highest BCUT2D eigenvalue weighted by Crippen LogP contribution is 2.29. The third-order valence-electron chi connectivity index (χ3n) is 4.13. The average molecular weight is 463 g/mol. The van der Waals surface area contributed by atoms with Crippen LogP contribution >= 0.6 is 15.9 Å². The summed E-state index contributed by atoms with van der Waals surface area (Å²) in [5.74, 6) is 0.385. The molecule has 0 aliphatic carbocycles. The lowest BCUT2D eigenvalue weighted by Gasteiger charge is -2.13. The molecule has 0 aliphatic heterocycles. The second-order valence-electron chi connectivity index (χ2n) is 6.29. The molecular weight excluding hydrogens is 439 g/mol. The summed E-state index contributed by atoms with van der Waals surface area (Å²) in [6.45, 7) is 8.51. The summed E-state index contributed by atoms with van der Waals surface area (Å²) < 4.78 is 27.1. The maximum atomic E-state index is 11.9. The van der Waals surface area contributed by atoms with Gasteiger partial charge in [-0.3, -0.25) is 9.18 Å². The number of allylic oxidation sites excluding steroid dienone is 1. The van der Waals surface area contributed by atoms with Crippen LogP contribution in [0.2, 0.25) is 0 Å².